The van der Waals surface area contributed by atoms with E-state index in [1.54, 1.807) is 0 Å². The highest BCUT2D eigenvalue weighted by Crippen LogP contribution is 2.43. The summed E-state index contributed by atoms with van der Waals surface area (Å²) in [5.74, 6) is 0. The fraction of sp³-hybridized carbons (Fsp3) is 1.00. The van der Waals surface area contributed by atoms with Crippen LogP contribution < -0.4 is 0 Å². The van der Waals surface area contributed by atoms with Gasteiger partial charge in [-0.25, -0.2) is 4.57 Å². The van der Waals surface area contributed by atoms with Crippen LogP contribution in [0.1, 0.15) is 175 Å². The molecule has 1 N–H and O–H groups in total. The van der Waals surface area contributed by atoms with Gasteiger partial charge in [0.05, 0.1) is 13.2 Å². The molecule has 38 heavy (non-hydrogen) atoms. The third-order valence-electron chi connectivity index (χ3n) is 7.53. The summed E-state index contributed by atoms with van der Waals surface area (Å²) in [5.41, 5.74) is 0. The summed E-state index contributed by atoms with van der Waals surface area (Å²) in [6.07, 6.45) is 30.1. The smallest absolute Gasteiger partial charge is 0.303 e. The van der Waals surface area contributed by atoms with Gasteiger partial charge in [-0.05, 0) is 51.7 Å². The summed E-state index contributed by atoms with van der Waals surface area (Å²) in [6.45, 7) is 11.2. The van der Waals surface area contributed by atoms with Crippen LogP contribution in [-0.2, 0) is 13.6 Å². The Labute approximate surface area is 238 Å². The van der Waals surface area contributed by atoms with Gasteiger partial charge in [0, 0.05) is 0 Å². The number of hydrogen-bond acceptors (Lipinski definition) is 4. The zero-order valence-electron chi connectivity index (χ0n) is 26.1. The van der Waals surface area contributed by atoms with E-state index in [1.807, 2.05) is 0 Å². The van der Waals surface area contributed by atoms with Crippen molar-refractivity contribution < 1.29 is 18.5 Å². The molecule has 0 aliphatic carbocycles. The molecule has 0 aromatic carbocycles. The quantitative estimate of drug-likeness (QED) is 0.0654. The van der Waals surface area contributed by atoms with E-state index in [2.05, 4.69) is 25.7 Å². The number of phosphoric ester groups is 1. The molecule has 0 fully saturated rings. The Balaban J connectivity index is 3.84. The summed E-state index contributed by atoms with van der Waals surface area (Å²) >= 11 is 0. The molecule has 0 aliphatic heterocycles. The van der Waals surface area contributed by atoms with Gasteiger partial charge >= 0.3 is 7.82 Å². The summed E-state index contributed by atoms with van der Waals surface area (Å²) in [7, 11) is -3.88. The van der Waals surface area contributed by atoms with Gasteiger partial charge in [0.2, 0.25) is 0 Å². The van der Waals surface area contributed by atoms with Gasteiger partial charge in [0.15, 0.2) is 0 Å². The van der Waals surface area contributed by atoms with E-state index in [-0.39, 0.29) is 0 Å². The monoisotopic (exact) mass is 561 g/mol. The highest BCUT2D eigenvalue weighted by atomic mass is 31.2. The second-order valence-corrected chi connectivity index (χ2v) is 12.9. The standard InChI is InChI=1S/C32H68NO4P/c1-4-7-10-13-16-21-26-31-36-38(34,35)37-32-27-22-17-20-25-30-33(28-23-18-14-11-8-5-2)29-24-19-15-12-9-6-3/h4-32H2,1-3H3,(H,34,35). The van der Waals surface area contributed by atoms with E-state index >= 15 is 0 Å². The molecule has 230 valence electrons. The van der Waals surface area contributed by atoms with Crippen LogP contribution >= 0.6 is 7.82 Å². The molecule has 0 saturated heterocycles. The van der Waals surface area contributed by atoms with Gasteiger partial charge in [-0.2, -0.15) is 0 Å². The molecule has 0 radical (unpaired) electrons. The van der Waals surface area contributed by atoms with Crippen LogP contribution in [0.2, 0.25) is 0 Å². The first-order chi connectivity index (χ1) is 18.6. The highest BCUT2D eigenvalue weighted by molar-refractivity contribution is 7.47. The third-order valence-corrected chi connectivity index (χ3v) is 8.55. The lowest BCUT2D eigenvalue weighted by molar-refractivity contribution is 0.145. The molecule has 0 amide bonds. The summed E-state index contributed by atoms with van der Waals surface area (Å²) in [4.78, 5) is 12.6. The van der Waals surface area contributed by atoms with E-state index < -0.39 is 7.82 Å². The molecule has 1 atom stereocenters. The lowest BCUT2D eigenvalue weighted by Crippen LogP contribution is -2.27. The number of unbranched alkanes of at least 4 members (excludes halogenated alkanes) is 20. The number of rotatable bonds is 32. The molecule has 0 heterocycles. The predicted molar refractivity (Wildman–Crippen MR) is 166 cm³/mol. The second-order valence-electron chi connectivity index (χ2n) is 11.4. The van der Waals surface area contributed by atoms with E-state index in [1.165, 1.54) is 148 Å². The van der Waals surface area contributed by atoms with Crippen LogP contribution in [-0.4, -0.2) is 42.6 Å². The van der Waals surface area contributed by atoms with Crippen molar-refractivity contribution in [2.75, 3.05) is 32.8 Å². The fourth-order valence-electron chi connectivity index (χ4n) is 4.99. The number of phosphoric acid groups is 1. The third kappa shape index (κ3) is 29.1. The Morgan fingerprint density at radius 3 is 1.03 bits per heavy atom. The van der Waals surface area contributed by atoms with Crippen molar-refractivity contribution in [3.8, 4) is 0 Å². The Morgan fingerprint density at radius 2 is 0.711 bits per heavy atom. The minimum Gasteiger partial charge on any atom is -0.303 e. The van der Waals surface area contributed by atoms with Crippen LogP contribution in [0, 0.1) is 0 Å². The molecule has 0 spiro atoms. The largest absolute Gasteiger partial charge is 0.472 e. The average Bonchev–Trinajstić information content (AvgIpc) is 2.90. The number of hydrogen-bond donors (Lipinski definition) is 1. The molecule has 0 bridgehead atoms. The molecule has 6 heteroatoms. The first-order valence-corrected chi connectivity index (χ1v) is 18.4. The maximum absolute atomic E-state index is 12.0. The van der Waals surface area contributed by atoms with Crippen LogP contribution in [0.15, 0.2) is 0 Å². The zero-order valence-corrected chi connectivity index (χ0v) is 27.0. The van der Waals surface area contributed by atoms with Gasteiger partial charge in [-0.1, -0.05) is 143 Å². The van der Waals surface area contributed by atoms with Crippen molar-refractivity contribution >= 4 is 7.82 Å². The van der Waals surface area contributed by atoms with Gasteiger partial charge in [0.1, 0.15) is 0 Å². The summed E-state index contributed by atoms with van der Waals surface area (Å²) in [6, 6.07) is 0. The zero-order chi connectivity index (χ0) is 28.0. The fourth-order valence-corrected chi connectivity index (χ4v) is 5.79. The summed E-state index contributed by atoms with van der Waals surface area (Å²) in [5, 5.41) is 0. The molecule has 5 nitrogen and oxygen atoms in total. The van der Waals surface area contributed by atoms with Crippen molar-refractivity contribution in [2.24, 2.45) is 0 Å². The van der Waals surface area contributed by atoms with E-state index in [0.717, 1.165) is 25.7 Å². The Morgan fingerprint density at radius 1 is 0.447 bits per heavy atom. The minimum atomic E-state index is -3.88. The predicted octanol–water partition coefficient (Wildman–Crippen LogP) is 10.8. The summed E-state index contributed by atoms with van der Waals surface area (Å²) < 4.78 is 22.3. The van der Waals surface area contributed by atoms with Crippen molar-refractivity contribution in [1.29, 1.82) is 0 Å². The molecule has 0 aromatic heterocycles. The molecule has 0 aliphatic rings. The first-order valence-electron chi connectivity index (χ1n) is 16.9. The van der Waals surface area contributed by atoms with E-state index in [0.29, 0.717) is 13.2 Å². The maximum Gasteiger partial charge on any atom is 0.472 e. The lowest BCUT2D eigenvalue weighted by Gasteiger charge is -2.22. The van der Waals surface area contributed by atoms with Crippen LogP contribution in [0.5, 0.6) is 0 Å². The SMILES string of the molecule is CCCCCCCCCOP(=O)(O)OCCCCCCCN(CCCCCCCC)CCCCCCCC. The van der Waals surface area contributed by atoms with Gasteiger partial charge < -0.3 is 9.79 Å². The average molecular weight is 562 g/mol. The topological polar surface area (TPSA) is 59.0 Å². The lowest BCUT2D eigenvalue weighted by atomic mass is 10.1. The second kappa shape index (κ2) is 30.0. The normalized spacial score (nSPS) is 13.4. The highest BCUT2D eigenvalue weighted by Gasteiger charge is 2.19. The molecule has 0 aromatic rings. The molecular weight excluding hydrogens is 493 g/mol. The van der Waals surface area contributed by atoms with Crippen molar-refractivity contribution in [3.63, 3.8) is 0 Å². The number of nitrogens with zero attached hydrogens (tertiary/aromatic N) is 1. The van der Waals surface area contributed by atoms with Crippen LogP contribution in [0.4, 0.5) is 0 Å². The van der Waals surface area contributed by atoms with Crippen molar-refractivity contribution in [2.45, 2.75) is 175 Å². The Bertz CT molecular complexity index is 490. The van der Waals surface area contributed by atoms with E-state index in [4.69, 9.17) is 9.05 Å². The Kier molecular flexibility index (Phi) is 30.1. The van der Waals surface area contributed by atoms with Gasteiger partial charge in [-0.15, -0.1) is 0 Å². The van der Waals surface area contributed by atoms with E-state index in [9.17, 15) is 9.46 Å². The molecular formula is C32H68NO4P. The first kappa shape index (κ1) is 38.1. The van der Waals surface area contributed by atoms with Crippen molar-refractivity contribution in [3.05, 3.63) is 0 Å². The van der Waals surface area contributed by atoms with Crippen molar-refractivity contribution in [1.82, 2.24) is 4.90 Å². The van der Waals surface area contributed by atoms with Gasteiger partial charge in [0.25, 0.3) is 0 Å². The molecule has 0 rings (SSSR count). The van der Waals surface area contributed by atoms with Crippen LogP contribution in [0.3, 0.4) is 0 Å². The molecule has 0 saturated carbocycles. The molecule has 1 unspecified atom stereocenters. The minimum absolute atomic E-state index is 0.312. The van der Waals surface area contributed by atoms with Crippen LogP contribution in [0.25, 0.3) is 0 Å². The maximum atomic E-state index is 12.0. The Hall–Kier alpha value is 0.0700. The van der Waals surface area contributed by atoms with Gasteiger partial charge in [-0.3, -0.25) is 9.05 Å².